The van der Waals surface area contributed by atoms with Gasteiger partial charge in [-0.1, -0.05) is 0 Å². The Kier molecular flexibility index (Phi) is 5.03. The quantitative estimate of drug-likeness (QED) is 0.707. The van der Waals surface area contributed by atoms with E-state index in [0.29, 0.717) is 24.2 Å². The van der Waals surface area contributed by atoms with Crippen LogP contribution in [-0.2, 0) is 4.79 Å². The lowest BCUT2D eigenvalue weighted by atomic mass is 10.1. The average Bonchev–Trinajstić information content (AvgIpc) is 3.02. The minimum absolute atomic E-state index is 0.169. The Hall–Kier alpha value is -2.24. The first-order valence-electron chi connectivity index (χ1n) is 7.25. The number of nitrogens with one attached hydrogen (secondary N) is 2. The molecule has 0 atom stereocenters. The molecule has 0 aliphatic carbocycles. The number of amides is 2. The summed E-state index contributed by atoms with van der Waals surface area (Å²) in [4.78, 5) is 25.3. The van der Waals surface area contributed by atoms with Crippen molar-refractivity contribution in [2.45, 2.75) is 19.3 Å². The standard InChI is InChI=1S/C15H22N4O2/c1-17-15(21)11-4-5-13(12(16)10-11)18-7-6-14(20)19-8-2-3-9-19/h4-5,10,18H,2-3,6-9,16H2,1H3,(H,17,21). The van der Waals surface area contributed by atoms with Gasteiger partial charge < -0.3 is 21.3 Å². The van der Waals surface area contributed by atoms with Crippen molar-refractivity contribution in [1.29, 1.82) is 0 Å². The molecule has 1 saturated heterocycles. The lowest BCUT2D eigenvalue weighted by molar-refractivity contribution is -0.129. The van der Waals surface area contributed by atoms with Crippen molar-refractivity contribution in [1.82, 2.24) is 10.2 Å². The summed E-state index contributed by atoms with van der Waals surface area (Å²) >= 11 is 0. The Morgan fingerprint density at radius 1 is 1.29 bits per heavy atom. The molecule has 1 heterocycles. The molecule has 6 nitrogen and oxygen atoms in total. The van der Waals surface area contributed by atoms with Crippen LogP contribution in [0.1, 0.15) is 29.6 Å². The van der Waals surface area contributed by atoms with E-state index in [1.807, 2.05) is 4.90 Å². The summed E-state index contributed by atoms with van der Waals surface area (Å²) < 4.78 is 0. The summed E-state index contributed by atoms with van der Waals surface area (Å²) in [7, 11) is 1.58. The van der Waals surface area contributed by atoms with E-state index in [1.54, 1.807) is 25.2 Å². The Balaban J connectivity index is 1.85. The number of carbonyl (C=O) groups excluding carboxylic acids is 2. The monoisotopic (exact) mass is 290 g/mol. The van der Waals surface area contributed by atoms with Crippen molar-refractivity contribution < 1.29 is 9.59 Å². The summed E-state index contributed by atoms with van der Waals surface area (Å²) in [6, 6.07) is 5.10. The predicted octanol–water partition coefficient (Wildman–Crippen LogP) is 1.05. The minimum atomic E-state index is -0.169. The molecule has 1 aliphatic rings. The van der Waals surface area contributed by atoms with Crippen LogP contribution in [0.3, 0.4) is 0 Å². The third-order valence-electron chi connectivity index (χ3n) is 3.65. The van der Waals surface area contributed by atoms with Gasteiger partial charge in [0.25, 0.3) is 5.91 Å². The third kappa shape index (κ3) is 3.87. The van der Waals surface area contributed by atoms with Gasteiger partial charge in [-0.25, -0.2) is 0 Å². The van der Waals surface area contributed by atoms with E-state index < -0.39 is 0 Å². The molecule has 0 unspecified atom stereocenters. The number of hydrogen-bond acceptors (Lipinski definition) is 4. The second kappa shape index (κ2) is 6.97. The fourth-order valence-electron chi connectivity index (χ4n) is 2.44. The second-order valence-corrected chi connectivity index (χ2v) is 5.15. The zero-order valence-corrected chi connectivity index (χ0v) is 12.3. The molecule has 4 N–H and O–H groups in total. The van der Waals surface area contributed by atoms with Gasteiger partial charge >= 0.3 is 0 Å². The number of likely N-dealkylation sites (tertiary alicyclic amines) is 1. The lowest BCUT2D eigenvalue weighted by Gasteiger charge is -2.16. The SMILES string of the molecule is CNC(=O)c1ccc(NCCC(=O)N2CCCC2)c(N)c1. The van der Waals surface area contributed by atoms with E-state index in [1.165, 1.54) is 0 Å². The summed E-state index contributed by atoms with van der Waals surface area (Å²) in [5.74, 6) is 0.0120. The molecule has 114 valence electrons. The highest BCUT2D eigenvalue weighted by molar-refractivity contribution is 5.95. The van der Waals surface area contributed by atoms with E-state index in [2.05, 4.69) is 10.6 Å². The van der Waals surface area contributed by atoms with Crippen LogP contribution in [0.15, 0.2) is 18.2 Å². The van der Waals surface area contributed by atoms with Gasteiger partial charge in [0.1, 0.15) is 0 Å². The maximum absolute atomic E-state index is 11.9. The van der Waals surface area contributed by atoms with Gasteiger partial charge in [-0.05, 0) is 31.0 Å². The number of nitrogens with two attached hydrogens (primary N) is 1. The Morgan fingerprint density at radius 3 is 2.62 bits per heavy atom. The van der Waals surface area contributed by atoms with Gasteiger partial charge in [0.15, 0.2) is 0 Å². The van der Waals surface area contributed by atoms with Crippen molar-refractivity contribution in [3.05, 3.63) is 23.8 Å². The van der Waals surface area contributed by atoms with Crippen molar-refractivity contribution >= 4 is 23.2 Å². The molecular weight excluding hydrogens is 268 g/mol. The highest BCUT2D eigenvalue weighted by Gasteiger charge is 2.17. The van der Waals surface area contributed by atoms with Crippen molar-refractivity contribution in [3.63, 3.8) is 0 Å². The maximum Gasteiger partial charge on any atom is 0.251 e. The van der Waals surface area contributed by atoms with Crippen LogP contribution in [0, 0.1) is 0 Å². The molecule has 1 fully saturated rings. The van der Waals surface area contributed by atoms with Crippen LogP contribution < -0.4 is 16.4 Å². The molecule has 1 aromatic rings. The molecule has 21 heavy (non-hydrogen) atoms. The van der Waals surface area contributed by atoms with E-state index in [-0.39, 0.29) is 11.8 Å². The number of anilines is 2. The number of nitrogens with zero attached hydrogens (tertiary/aromatic N) is 1. The van der Waals surface area contributed by atoms with Crippen molar-refractivity contribution in [2.24, 2.45) is 0 Å². The fourth-order valence-corrected chi connectivity index (χ4v) is 2.44. The van der Waals surface area contributed by atoms with Crippen molar-refractivity contribution in [3.8, 4) is 0 Å². The third-order valence-corrected chi connectivity index (χ3v) is 3.65. The van der Waals surface area contributed by atoms with Crippen LogP contribution in [0.2, 0.25) is 0 Å². The van der Waals surface area contributed by atoms with Crippen LogP contribution in [0.5, 0.6) is 0 Å². The maximum atomic E-state index is 11.9. The first-order chi connectivity index (χ1) is 10.1. The van der Waals surface area contributed by atoms with Gasteiger partial charge in [-0.3, -0.25) is 9.59 Å². The zero-order valence-electron chi connectivity index (χ0n) is 12.3. The fraction of sp³-hybridized carbons (Fsp3) is 0.467. The molecule has 0 bridgehead atoms. The Morgan fingerprint density at radius 2 is 2.00 bits per heavy atom. The number of benzene rings is 1. The highest BCUT2D eigenvalue weighted by atomic mass is 16.2. The van der Waals surface area contributed by atoms with Crippen LogP contribution in [0.25, 0.3) is 0 Å². The van der Waals surface area contributed by atoms with Gasteiger partial charge in [-0.15, -0.1) is 0 Å². The number of rotatable bonds is 5. The first-order valence-corrected chi connectivity index (χ1v) is 7.25. The Labute approximate surface area is 124 Å². The molecule has 6 heteroatoms. The smallest absolute Gasteiger partial charge is 0.251 e. The van der Waals surface area contributed by atoms with Crippen molar-refractivity contribution in [2.75, 3.05) is 37.7 Å². The molecule has 1 aliphatic heterocycles. The van der Waals surface area contributed by atoms with Gasteiger partial charge in [0.2, 0.25) is 5.91 Å². The summed E-state index contributed by atoms with van der Waals surface area (Å²) in [5, 5.41) is 5.70. The van der Waals surface area contributed by atoms with E-state index in [0.717, 1.165) is 31.6 Å². The molecule has 2 rings (SSSR count). The summed E-state index contributed by atoms with van der Waals surface area (Å²) in [6.07, 6.45) is 2.66. The summed E-state index contributed by atoms with van der Waals surface area (Å²) in [5.41, 5.74) is 7.69. The zero-order chi connectivity index (χ0) is 15.2. The highest BCUT2D eigenvalue weighted by Crippen LogP contribution is 2.20. The first kappa shape index (κ1) is 15.2. The van der Waals surface area contributed by atoms with Crippen LogP contribution in [-0.4, -0.2) is 43.4 Å². The topological polar surface area (TPSA) is 87.5 Å². The summed E-state index contributed by atoms with van der Waals surface area (Å²) in [6.45, 7) is 2.29. The van der Waals surface area contributed by atoms with Crippen LogP contribution >= 0.6 is 0 Å². The van der Waals surface area contributed by atoms with E-state index in [9.17, 15) is 9.59 Å². The normalized spacial score (nSPS) is 14.0. The Bertz CT molecular complexity index is 524. The minimum Gasteiger partial charge on any atom is -0.397 e. The molecule has 2 amide bonds. The van der Waals surface area contributed by atoms with Crippen LogP contribution in [0.4, 0.5) is 11.4 Å². The molecule has 0 saturated carbocycles. The number of hydrogen-bond donors (Lipinski definition) is 3. The number of nitrogen functional groups attached to an aromatic ring is 1. The molecular formula is C15H22N4O2. The van der Waals surface area contributed by atoms with Gasteiger partial charge in [0, 0.05) is 38.7 Å². The molecule has 0 radical (unpaired) electrons. The lowest BCUT2D eigenvalue weighted by Crippen LogP contribution is -2.29. The van der Waals surface area contributed by atoms with Gasteiger partial charge in [-0.2, -0.15) is 0 Å². The molecule has 1 aromatic carbocycles. The second-order valence-electron chi connectivity index (χ2n) is 5.15. The average molecular weight is 290 g/mol. The van der Waals surface area contributed by atoms with Gasteiger partial charge in [0.05, 0.1) is 11.4 Å². The number of carbonyl (C=O) groups is 2. The van der Waals surface area contributed by atoms with E-state index in [4.69, 9.17) is 5.73 Å². The molecule has 0 aromatic heterocycles. The van der Waals surface area contributed by atoms with E-state index >= 15 is 0 Å². The largest absolute Gasteiger partial charge is 0.397 e. The molecule has 0 spiro atoms. The predicted molar refractivity (Wildman–Crippen MR) is 83.2 cm³/mol.